The van der Waals surface area contributed by atoms with Crippen molar-refractivity contribution in [3.63, 3.8) is 0 Å². The van der Waals surface area contributed by atoms with Gasteiger partial charge in [0.2, 0.25) is 0 Å². The highest BCUT2D eigenvalue weighted by molar-refractivity contribution is 5.92. The van der Waals surface area contributed by atoms with Crippen LogP contribution in [0.15, 0.2) is 16.7 Å². The number of aryl methyl sites for hydroxylation is 1. The van der Waals surface area contributed by atoms with E-state index in [4.69, 9.17) is 4.52 Å². The van der Waals surface area contributed by atoms with Crippen molar-refractivity contribution in [2.45, 2.75) is 33.7 Å². The Morgan fingerprint density at radius 3 is 2.80 bits per heavy atom. The van der Waals surface area contributed by atoms with E-state index in [-0.39, 0.29) is 5.91 Å². The van der Waals surface area contributed by atoms with Gasteiger partial charge in [0.15, 0.2) is 0 Å². The molecule has 0 aliphatic rings. The second-order valence-corrected chi connectivity index (χ2v) is 5.47. The largest absolute Gasteiger partial charge is 0.361 e. The molecule has 0 fully saturated rings. The van der Waals surface area contributed by atoms with E-state index in [1.807, 2.05) is 19.1 Å². The van der Waals surface area contributed by atoms with Crippen LogP contribution in [0.1, 0.15) is 41.5 Å². The third-order valence-corrected chi connectivity index (χ3v) is 2.90. The first-order valence-corrected chi connectivity index (χ1v) is 6.67. The molecule has 0 unspecified atom stereocenters. The first kappa shape index (κ1) is 14.3. The van der Waals surface area contributed by atoms with Crippen molar-refractivity contribution in [3.8, 4) is 0 Å². The summed E-state index contributed by atoms with van der Waals surface area (Å²) in [5, 5.41) is 10.9. The van der Waals surface area contributed by atoms with Gasteiger partial charge in [0.05, 0.1) is 6.54 Å². The van der Waals surface area contributed by atoms with Crippen LogP contribution in [-0.2, 0) is 13.0 Å². The summed E-state index contributed by atoms with van der Waals surface area (Å²) in [7, 11) is 1.73. The lowest BCUT2D eigenvalue weighted by Gasteiger charge is -2.13. The molecule has 2 rings (SSSR count). The normalized spacial score (nSPS) is 11.1. The van der Waals surface area contributed by atoms with Gasteiger partial charge in [-0.15, -0.1) is 0 Å². The molecular formula is C14H20N4O2. The predicted molar refractivity (Wildman–Crippen MR) is 74.2 cm³/mol. The molecule has 2 heterocycles. The maximum Gasteiger partial charge on any atom is 0.274 e. The highest BCUT2D eigenvalue weighted by Crippen LogP contribution is 2.10. The number of rotatable bonds is 5. The highest BCUT2D eigenvalue weighted by atomic mass is 16.5. The van der Waals surface area contributed by atoms with E-state index in [9.17, 15) is 4.79 Å². The van der Waals surface area contributed by atoms with Gasteiger partial charge >= 0.3 is 0 Å². The van der Waals surface area contributed by atoms with E-state index in [2.05, 4.69) is 29.2 Å². The van der Waals surface area contributed by atoms with Gasteiger partial charge in [-0.05, 0) is 25.3 Å². The summed E-state index contributed by atoms with van der Waals surface area (Å²) in [5.74, 6) is 1.13. The molecule has 0 bridgehead atoms. The van der Waals surface area contributed by atoms with Crippen molar-refractivity contribution < 1.29 is 9.32 Å². The lowest BCUT2D eigenvalue weighted by Crippen LogP contribution is -2.26. The minimum Gasteiger partial charge on any atom is -0.361 e. The van der Waals surface area contributed by atoms with E-state index >= 15 is 0 Å². The summed E-state index contributed by atoms with van der Waals surface area (Å²) in [4.78, 5) is 13.8. The Hall–Kier alpha value is -2.11. The quantitative estimate of drug-likeness (QED) is 0.908. The molecular weight excluding hydrogens is 256 g/mol. The van der Waals surface area contributed by atoms with E-state index < -0.39 is 0 Å². The fourth-order valence-electron chi connectivity index (χ4n) is 2.02. The Morgan fingerprint density at radius 2 is 2.20 bits per heavy atom. The monoisotopic (exact) mass is 276 g/mol. The summed E-state index contributed by atoms with van der Waals surface area (Å²) >= 11 is 0. The number of carbonyl (C=O) groups is 1. The van der Waals surface area contributed by atoms with E-state index in [0.29, 0.717) is 18.2 Å². The van der Waals surface area contributed by atoms with Gasteiger partial charge in [-0.25, -0.2) is 0 Å². The zero-order valence-corrected chi connectivity index (χ0v) is 12.3. The number of H-pyrrole nitrogens is 1. The molecule has 0 aliphatic heterocycles. The van der Waals surface area contributed by atoms with Gasteiger partial charge < -0.3 is 9.42 Å². The highest BCUT2D eigenvalue weighted by Gasteiger charge is 2.17. The van der Waals surface area contributed by atoms with Gasteiger partial charge in [0.25, 0.3) is 5.91 Å². The maximum absolute atomic E-state index is 12.2. The molecule has 0 spiro atoms. The van der Waals surface area contributed by atoms with Crippen LogP contribution in [0.4, 0.5) is 0 Å². The standard InChI is InChI=1S/C14H20N4O2/c1-9(2)5-11-7-13(16-15-11)14(19)18(4)8-12-6-10(3)20-17-12/h6-7,9H,5,8H2,1-4H3,(H,15,16). The zero-order chi connectivity index (χ0) is 14.7. The lowest BCUT2D eigenvalue weighted by atomic mass is 10.1. The first-order chi connectivity index (χ1) is 9.45. The molecule has 0 saturated heterocycles. The molecule has 0 aliphatic carbocycles. The minimum atomic E-state index is -0.128. The van der Waals surface area contributed by atoms with Gasteiger partial charge in [0.1, 0.15) is 17.1 Å². The predicted octanol–water partition coefficient (Wildman–Crippen LogP) is 2.18. The van der Waals surface area contributed by atoms with Crippen LogP contribution in [0.2, 0.25) is 0 Å². The Balaban J connectivity index is 2.01. The summed E-state index contributed by atoms with van der Waals surface area (Å²) in [6, 6.07) is 3.63. The topological polar surface area (TPSA) is 75.0 Å². The van der Waals surface area contributed by atoms with Crippen molar-refractivity contribution in [1.29, 1.82) is 0 Å². The Labute approximate surface area is 118 Å². The average Bonchev–Trinajstić information content (AvgIpc) is 2.97. The van der Waals surface area contributed by atoms with E-state index in [0.717, 1.165) is 23.6 Å². The van der Waals surface area contributed by atoms with Crippen LogP contribution in [-0.4, -0.2) is 33.2 Å². The SMILES string of the molecule is Cc1cc(CN(C)C(=O)c2cc(CC(C)C)[nH]n2)no1. The minimum absolute atomic E-state index is 0.128. The molecule has 1 amide bonds. The molecule has 0 radical (unpaired) electrons. The second-order valence-electron chi connectivity index (χ2n) is 5.47. The van der Waals surface area contributed by atoms with Crippen molar-refractivity contribution >= 4 is 5.91 Å². The Kier molecular flexibility index (Phi) is 4.22. The summed E-state index contributed by atoms with van der Waals surface area (Å²) in [6.45, 7) is 6.48. The van der Waals surface area contributed by atoms with Crippen LogP contribution in [0.5, 0.6) is 0 Å². The third kappa shape index (κ3) is 3.46. The Bertz CT molecular complexity index is 586. The third-order valence-electron chi connectivity index (χ3n) is 2.90. The van der Waals surface area contributed by atoms with Crippen molar-refractivity contribution in [2.75, 3.05) is 7.05 Å². The molecule has 2 aromatic heterocycles. The number of carbonyl (C=O) groups excluding carboxylic acids is 1. The number of nitrogens with zero attached hydrogens (tertiary/aromatic N) is 3. The first-order valence-electron chi connectivity index (χ1n) is 6.67. The molecule has 20 heavy (non-hydrogen) atoms. The van der Waals surface area contributed by atoms with Gasteiger partial charge in [0, 0.05) is 18.8 Å². The van der Waals surface area contributed by atoms with Crippen molar-refractivity contribution in [3.05, 3.63) is 35.0 Å². The summed E-state index contributed by atoms with van der Waals surface area (Å²) in [6.07, 6.45) is 0.881. The average molecular weight is 276 g/mol. The maximum atomic E-state index is 12.2. The van der Waals surface area contributed by atoms with Crippen molar-refractivity contribution in [1.82, 2.24) is 20.3 Å². The van der Waals surface area contributed by atoms with Gasteiger partial charge in [-0.3, -0.25) is 9.89 Å². The van der Waals surface area contributed by atoms with Crippen molar-refractivity contribution in [2.24, 2.45) is 5.92 Å². The number of hydrogen-bond donors (Lipinski definition) is 1. The van der Waals surface area contributed by atoms with E-state index in [1.54, 1.807) is 11.9 Å². The fraction of sp³-hybridized carbons (Fsp3) is 0.500. The molecule has 6 heteroatoms. The zero-order valence-electron chi connectivity index (χ0n) is 12.3. The molecule has 1 N–H and O–H groups in total. The number of amides is 1. The second kappa shape index (κ2) is 5.90. The number of nitrogens with one attached hydrogen (secondary N) is 1. The van der Waals surface area contributed by atoms with Crippen LogP contribution in [0.25, 0.3) is 0 Å². The van der Waals surface area contributed by atoms with Crippen LogP contribution >= 0.6 is 0 Å². The van der Waals surface area contributed by atoms with E-state index in [1.165, 1.54) is 0 Å². The van der Waals surface area contributed by atoms with Gasteiger partial charge in [-0.1, -0.05) is 19.0 Å². The number of aromatic nitrogens is 3. The molecule has 2 aromatic rings. The van der Waals surface area contributed by atoms with Crippen LogP contribution in [0, 0.1) is 12.8 Å². The lowest BCUT2D eigenvalue weighted by molar-refractivity contribution is 0.0776. The Morgan fingerprint density at radius 1 is 1.45 bits per heavy atom. The molecule has 108 valence electrons. The van der Waals surface area contributed by atoms with Crippen LogP contribution in [0.3, 0.4) is 0 Å². The fourth-order valence-corrected chi connectivity index (χ4v) is 2.02. The molecule has 0 saturated carbocycles. The smallest absolute Gasteiger partial charge is 0.274 e. The molecule has 6 nitrogen and oxygen atoms in total. The molecule has 0 aromatic carbocycles. The number of hydrogen-bond acceptors (Lipinski definition) is 4. The van der Waals surface area contributed by atoms with Crippen LogP contribution < -0.4 is 0 Å². The van der Waals surface area contributed by atoms with Gasteiger partial charge in [-0.2, -0.15) is 5.10 Å². The molecule has 0 atom stereocenters. The number of aromatic amines is 1. The summed E-state index contributed by atoms with van der Waals surface area (Å²) in [5.41, 5.74) is 2.15. The summed E-state index contributed by atoms with van der Waals surface area (Å²) < 4.78 is 4.99.